The average molecular weight is 357 g/mol. The van der Waals surface area contributed by atoms with Crippen LogP contribution in [0.15, 0.2) is 35.4 Å². The number of hydrogen-bond donors (Lipinski definition) is 2. The highest BCUT2D eigenvalue weighted by molar-refractivity contribution is 5.85. The third-order valence-electron chi connectivity index (χ3n) is 4.60. The first kappa shape index (κ1) is 18.1. The summed E-state index contributed by atoms with van der Waals surface area (Å²) in [5.74, 6) is 0. The van der Waals surface area contributed by atoms with Gasteiger partial charge in [-0.25, -0.2) is 0 Å². The van der Waals surface area contributed by atoms with E-state index in [1.807, 2.05) is 28.9 Å². The number of aromatic amines is 1. The monoisotopic (exact) mass is 356 g/mol. The molecule has 1 saturated heterocycles. The van der Waals surface area contributed by atoms with Crippen LogP contribution in [0.1, 0.15) is 18.5 Å². The van der Waals surface area contributed by atoms with Crippen LogP contribution in [0, 0.1) is 0 Å². The molecule has 7 heteroatoms. The largest absolute Gasteiger partial charge is 0.319 e. The zero-order valence-electron chi connectivity index (χ0n) is 12.8. The van der Waals surface area contributed by atoms with Gasteiger partial charge < -0.3 is 14.7 Å². The van der Waals surface area contributed by atoms with Crippen LogP contribution < -0.4 is 10.9 Å². The van der Waals surface area contributed by atoms with E-state index in [-0.39, 0.29) is 30.4 Å². The van der Waals surface area contributed by atoms with Crippen molar-refractivity contribution in [2.75, 3.05) is 26.2 Å². The van der Waals surface area contributed by atoms with Gasteiger partial charge >= 0.3 is 0 Å². The minimum Gasteiger partial charge on any atom is -0.319 e. The van der Waals surface area contributed by atoms with Crippen molar-refractivity contribution in [3.63, 3.8) is 0 Å². The topological polar surface area (TPSA) is 52.5 Å². The van der Waals surface area contributed by atoms with E-state index in [9.17, 15) is 4.79 Å². The number of fused-ring (bicyclic) bond motifs is 1. The molecular weight excluding hydrogens is 335 g/mol. The molecular formula is C16H22Cl2N4O. The second-order valence-corrected chi connectivity index (χ2v) is 5.88. The van der Waals surface area contributed by atoms with Gasteiger partial charge in [-0.15, -0.1) is 24.8 Å². The summed E-state index contributed by atoms with van der Waals surface area (Å²) in [6.45, 7) is 4.38. The van der Waals surface area contributed by atoms with E-state index in [2.05, 4.69) is 21.3 Å². The van der Waals surface area contributed by atoms with Crippen LogP contribution in [0.25, 0.3) is 11.1 Å². The lowest BCUT2D eigenvalue weighted by atomic mass is 10.2. The number of H-pyrrole nitrogens is 1. The molecule has 1 atom stereocenters. The lowest BCUT2D eigenvalue weighted by Gasteiger charge is -2.31. The molecule has 1 fully saturated rings. The second kappa shape index (κ2) is 7.53. The van der Waals surface area contributed by atoms with Gasteiger partial charge in [-0.2, -0.15) is 0 Å². The quantitative estimate of drug-likeness (QED) is 0.864. The Balaban J connectivity index is 0.000000960. The number of rotatable bonds is 2. The van der Waals surface area contributed by atoms with Crippen molar-refractivity contribution in [3.05, 3.63) is 46.7 Å². The molecule has 1 unspecified atom stereocenters. The first-order chi connectivity index (χ1) is 10.3. The normalized spacial score (nSPS) is 21.6. The van der Waals surface area contributed by atoms with Crippen molar-refractivity contribution in [2.24, 2.45) is 0 Å². The number of nitrogens with one attached hydrogen (secondary N) is 2. The summed E-state index contributed by atoms with van der Waals surface area (Å²) in [4.78, 5) is 17.6. The van der Waals surface area contributed by atoms with Gasteiger partial charge in [0.1, 0.15) is 5.52 Å². The van der Waals surface area contributed by atoms with Crippen molar-refractivity contribution < 1.29 is 0 Å². The van der Waals surface area contributed by atoms with Gasteiger partial charge in [0, 0.05) is 44.6 Å². The van der Waals surface area contributed by atoms with Gasteiger partial charge in [-0.05, 0) is 30.5 Å². The Morgan fingerprint density at radius 1 is 1.17 bits per heavy atom. The molecule has 0 radical (unpaired) electrons. The zero-order chi connectivity index (χ0) is 14.2. The minimum absolute atomic E-state index is 0. The fraction of sp³-hybridized carbons (Fsp3) is 0.438. The number of halogens is 2. The number of piperazine rings is 1. The SMILES string of the molecule is Cl.Cl.O=c1[nH]c(C2=CC(N3CCNCC3)CC2)cn2cccc12. The summed E-state index contributed by atoms with van der Waals surface area (Å²) >= 11 is 0. The molecule has 0 saturated carbocycles. The Morgan fingerprint density at radius 3 is 2.74 bits per heavy atom. The van der Waals surface area contributed by atoms with E-state index in [1.54, 1.807) is 0 Å². The molecule has 0 spiro atoms. The Labute approximate surface area is 147 Å². The molecule has 2 aliphatic rings. The summed E-state index contributed by atoms with van der Waals surface area (Å²) in [6.07, 6.45) is 8.49. The van der Waals surface area contributed by atoms with Crippen molar-refractivity contribution >= 4 is 35.9 Å². The molecule has 5 nitrogen and oxygen atoms in total. The Hall–Kier alpha value is -1.27. The van der Waals surface area contributed by atoms with Crippen LogP contribution in [0.4, 0.5) is 0 Å². The van der Waals surface area contributed by atoms with E-state index < -0.39 is 0 Å². The standard InChI is InChI=1S/C16H20N4O.2ClH/c21-16-15-2-1-7-20(15)11-14(18-16)12-3-4-13(10-12)19-8-5-17-6-9-19;;/h1-2,7,10-11,13,17H,3-6,8-9H2,(H,18,21);2*1H. The highest BCUT2D eigenvalue weighted by Crippen LogP contribution is 2.29. The van der Waals surface area contributed by atoms with Crippen LogP contribution in [0.2, 0.25) is 0 Å². The molecule has 23 heavy (non-hydrogen) atoms. The Kier molecular flexibility index (Phi) is 5.92. The summed E-state index contributed by atoms with van der Waals surface area (Å²) in [7, 11) is 0. The smallest absolute Gasteiger partial charge is 0.272 e. The van der Waals surface area contributed by atoms with Gasteiger partial charge in [0.15, 0.2) is 0 Å². The predicted octanol–water partition coefficient (Wildman–Crippen LogP) is 1.92. The van der Waals surface area contributed by atoms with Crippen LogP contribution in [0.3, 0.4) is 0 Å². The molecule has 4 rings (SSSR count). The highest BCUT2D eigenvalue weighted by Gasteiger charge is 2.24. The highest BCUT2D eigenvalue weighted by atomic mass is 35.5. The third-order valence-corrected chi connectivity index (χ3v) is 4.60. The molecule has 2 N–H and O–H groups in total. The molecule has 1 aliphatic carbocycles. The molecule has 2 aromatic heterocycles. The summed E-state index contributed by atoms with van der Waals surface area (Å²) in [6, 6.07) is 4.27. The lowest BCUT2D eigenvalue weighted by Crippen LogP contribution is -2.47. The number of aromatic nitrogens is 2. The first-order valence-corrected chi connectivity index (χ1v) is 7.67. The maximum atomic E-state index is 12.1. The fourth-order valence-corrected chi connectivity index (χ4v) is 3.45. The van der Waals surface area contributed by atoms with Crippen LogP contribution in [0.5, 0.6) is 0 Å². The van der Waals surface area contributed by atoms with Gasteiger partial charge in [-0.1, -0.05) is 6.08 Å². The van der Waals surface area contributed by atoms with Crippen LogP contribution in [-0.4, -0.2) is 46.5 Å². The molecule has 0 amide bonds. The third kappa shape index (κ3) is 3.48. The number of nitrogens with zero attached hydrogens (tertiary/aromatic N) is 2. The zero-order valence-corrected chi connectivity index (χ0v) is 14.5. The summed E-state index contributed by atoms with van der Waals surface area (Å²) < 4.78 is 1.91. The molecule has 126 valence electrons. The van der Waals surface area contributed by atoms with E-state index in [0.29, 0.717) is 11.6 Å². The minimum atomic E-state index is -0.0102. The maximum absolute atomic E-state index is 12.1. The second-order valence-electron chi connectivity index (χ2n) is 5.88. The van der Waals surface area contributed by atoms with Crippen molar-refractivity contribution in [3.8, 4) is 0 Å². The van der Waals surface area contributed by atoms with E-state index in [4.69, 9.17) is 0 Å². The van der Waals surface area contributed by atoms with E-state index >= 15 is 0 Å². The van der Waals surface area contributed by atoms with E-state index in [0.717, 1.165) is 44.7 Å². The fourth-order valence-electron chi connectivity index (χ4n) is 3.45. The molecule has 2 aromatic rings. The summed E-state index contributed by atoms with van der Waals surface area (Å²) in [5, 5.41) is 3.39. The average Bonchev–Trinajstić information content (AvgIpc) is 3.17. The molecule has 0 bridgehead atoms. The molecule has 0 aromatic carbocycles. The van der Waals surface area contributed by atoms with Gasteiger partial charge in [0.05, 0.1) is 5.69 Å². The van der Waals surface area contributed by atoms with Crippen molar-refractivity contribution in [2.45, 2.75) is 18.9 Å². The van der Waals surface area contributed by atoms with E-state index in [1.165, 1.54) is 5.57 Å². The number of allylic oxidation sites excluding steroid dienone is 1. The molecule has 1 aliphatic heterocycles. The number of hydrogen-bond acceptors (Lipinski definition) is 3. The Morgan fingerprint density at radius 2 is 1.96 bits per heavy atom. The van der Waals surface area contributed by atoms with Gasteiger partial charge in [-0.3, -0.25) is 9.69 Å². The summed E-state index contributed by atoms with van der Waals surface area (Å²) in [5.41, 5.74) is 2.92. The van der Waals surface area contributed by atoms with Crippen molar-refractivity contribution in [1.82, 2.24) is 19.6 Å². The van der Waals surface area contributed by atoms with Crippen molar-refractivity contribution in [1.29, 1.82) is 0 Å². The van der Waals surface area contributed by atoms with Crippen LogP contribution in [-0.2, 0) is 0 Å². The van der Waals surface area contributed by atoms with Crippen LogP contribution >= 0.6 is 24.8 Å². The molecule has 3 heterocycles. The predicted molar refractivity (Wildman–Crippen MR) is 98.0 cm³/mol. The van der Waals surface area contributed by atoms with Gasteiger partial charge in [0.25, 0.3) is 5.56 Å². The first-order valence-electron chi connectivity index (χ1n) is 7.67. The van der Waals surface area contributed by atoms with Gasteiger partial charge in [0.2, 0.25) is 0 Å². The maximum Gasteiger partial charge on any atom is 0.272 e. The Bertz CT molecular complexity index is 746. The lowest BCUT2D eigenvalue weighted by molar-refractivity contribution is 0.200.